The van der Waals surface area contributed by atoms with E-state index in [9.17, 15) is 13.6 Å². The van der Waals surface area contributed by atoms with Crippen molar-refractivity contribution in [1.82, 2.24) is 14.9 Å². The molecule has 0 aliphatic carbocycles. The van der Waals surface area contributed by atoms with Gasteiger partial charge >= 0.3 is 0 Å². The molecule has 0 radical (unpaired) electrons. The number of anilines is 1. The maximum absolute atomic E-state index is 13.7. The SMILES string of the molecule is Cc1nc(C(=O)N2CCCC(C)C2CNc2nc3cc(F)ccc3o2)c(-c2ccc(F)cc2)s1. The first-order valence-electron chi connectivity index (χ1n) is 11.2. The van der Waals surface area contributed by atoms with Crippen molar-refractivity contribution in [3.05, 3.63) is 64.8 Å². The highest BCUT2D eigenvalue weighted by atomic mass is 32.1. The average Bonchev–Trinajstić information content (AvgIpc) is 3.40. The van der Waals surface area contributed by atoms with Gasteiger partial charge in [-0.3, -0.25) is 4.79 Å². The van der Waals surface area contributed by atoms with Crippen molar-refractivity contribution >= 4 is 34.4 Å². The highest BCUT2D eigenvalue weighted by Gasteiger charge is 2.34. The van der Waals surface area contributed by atoms with Gasteiger partial charge in [0.1, 0.15) is 22.8 Å². The van der Waals surface area contributed by atoms with Crippen molar-refractivity contribution in [2.75, 3.05) is 18.4 Å². The Bertz CT molecular complexity index is 1330. The van der Waals surface area contributed by atoms with Crippen LogP contribution in [0.5, 0.6) is 0 Å². The van der Waals surface area contributed by atoms with Gasteiger partial charge in [-0.15, -0.1) is 11.3 Å². The summed E-state index contributed by atoms with van der Waals surface area (Å²) in [6.07, 6.45) is 1.90. The summed E-state index contributed by atoms with van der Waals surface area (Å²) in [5, 5.41) is 3.97. The summed E-state index contributed by atoms with van der Waals surface area (Å²) in [5.41, 5.74) is 2.10. The van der Waals surface area contributed by atoms with Crippen molar-refractivity contribution in [3.8, 4) is 10.4 Å². The Kier molecular flexibility index (Phi) is 6.03. The lowest BCUT2D eigenvalue weighted by Gasteiger charge is -2.39. The van der Waals surface area contributed by atoms with Crippen LogP contribution in [0, 0.1) is 24.5 Å². The first-order valence-corrected chi connectivity index (χ1v) is 12.0. The van der Waals surface area contributed by atoms with Crippen LogP contribution < -0.4 is 5.32 Å². The van der Waals surface area contributed by atoms with E-state index < -0.39 is 0 Å². The van der Waals surface area contributed by atoms with Gasteiger partial charge in [0.25, 0.3) is 11.9 Å². The molecule has 2 aromatic heterocycles. The second kappa shape index (κ2) is 9.13. The van der Waals surface area contributed by atoms with Crippen molar-refractivity contribution < 1.29 is 18.0 Å². The first-order chi connectivity index (χ1) is 16.4. The third-order valence-electron chi connectivity index (χ3n) is 6.23. The van der Waals surface area contributed by atoms with Gasteiger partial charge in [0, 0.05) is 19.2 Å². The molecule has 2 atom stereocenters. The van der Waals surface area contributed by atoms with Crippen LogP contribution in [0.15, 0.2) is 46.9 Å². The van der Waals surface area contributed by atoms with Gasteiger partial charge in [-0.05, 0) is 55.5 Å². The molecule has 2 unspecified atom stereocenters. The van der Waals surface area contributed by atoms with Crippen molar-refractivity contribution in [1.29, 1.82) is 0 Å². The van der Waals surface area contributed by atoms with Crippen LogP contribution in [-0.4, -0.2) is 39.9 Å². The van der Waals surface area contributed by atoms with Gasteiger partial charge in [-0.25, -0.2) is 13.8 Å². The summed E-state index contributed by atoms with van der Waals surface area (Å²) in [6.45, 7) is 5.05. The molecular formula is C25H24F2N4O2S. The van der Waals surface area contributed by atoms with E-state index in [4.69, 9.17) is 4.42 Å². The van der Waals surface area contributed by atoms with Gasteiger partial charge in [-0.1, -0.05) is 19.1 Å². The molecular weight excluding hydrogens is 458 g/mol. The van der Waals surface area contributed by atoms with Gasteiger partial charge < -0.3 is 14.6 Å². The molecule has 4 aromatic rings. The zero-order valence-electron chi connectivity index (χ0n) is 18.8. The van der Waals surface area contributed by atoms with E-state index in [1.807, 2.05) is 11.8 Å². The zero-order valence-corrected chi connectivity index (χ0v) is 19.7. The number of rotatable bonds is 5. The third kappa shape index (κ3) is 4.40. The minimum Gasteiger partial charge on any atom is -0.424 e. The maximum Gasteiger partial charge on any atom is 0.295 e. The van der Waals surface area contributed by atoms with E-state index in [1.54, 1.807) is 18.2 Å². The highest BCUT2D eigenvalue weighted by Crippen LogP contribution is 2.33. The second-order valence-corrected chi connectivity index (χ2v) is 9.82. The Balaban J connectivity index is 1.39. The molecule has 5 rings (SSSR count). The van der Waals surface area contributed by atoms with Crippen molar-refractivity contribution in [3.63, 3.8) is 0 Å². The minimum atomic E-state index is -0.375. The number of piperidine rings is 1. The fourth-order valence-electron chi connectivity index (χ4n) is 4.49. The van der Waals surface area contributed by atoms with E-state index in [0.717, 1.165) is 28.3 Å². The molecule has 0 spiro atoms. The molecule has 0 saturated carbocycles. The van der Waals surface area contributed by atoms with E-state index in [2.05, 4.69) is 22.2 Å². The van der Waals surface area contributed by atoms with Crippen LogP contribution >= 0.6 is 11.3 Å². The van der Waals surface area contributed by atoms with E-state index in [-0.39, 0.29) is 29.5 Å². The Morgan fingerprint density at radius 3 is 2.74 bits per heavy atom. The quantitative estimate of drug-likeness (QED) is 0.384. The van der Waals surface area contributed by atoms with Crippen LogP contribution in [-0.2, 0) is 0 Å². The molecule has 34 heavy (non-hydrogen) atoms. The van der Waals surface area contributed by atoms with Crippen LogP contribution in [0.25, 0.3) is 21.5 Å². The fraction of sp³-hybridized carbons (Fsp3) is 0.320. The minimum absolute atomic E-state index is 0.101. The van der Waals surface area contributed by atoms with Gasteiger partial charge in [0.05, 0.1) is 15.9 Å². The molecule has 1 fully saturated rings. The smallest absolute Gasteiger partial charge is 0.295 e. The topological polar surface area (TPSA) is 71.3 Å². The first kappa shape index (κ1) is 22.5. The predicted octanol–water partition coefficient (Wildman–Crippen LogP) is 5.89. The zero-order chi connectivity index (χ0) is 23.8. The molecule has 1 N–H and O–H groups in total. The number of likely N-dealkylation sites (tertiary alicyclic amines) is 1. The number of hydrogen-bond donors (Lipinski definition) is 1. The number of oxazole rings is 1. The van der Waals surface area contributed by atoms with Gasteiger partial charge in [-0.2, -0.15) is 4.98 Å². The number of aryl methyl sites for hydroxylation is 1. The molecule has 2 aromatic carbocycles. The molecule has 1 aliphatic heterocycles. The number of nitrogens with zero attached hydrogens (tertiary/aromatic N) is 3. The number of hydrogen-bond acceptors (Lipinski definition) is 6. The molecule has 1 amide bonds. The second-order valence-electron chi connectivity index (χ2n) is 8.61. The van der Waals surface area contributed by atoms with E-state index >= 15 is 0 Å². The standard InChI is InChI=1S/C25H24F2N4O2S/c1-14-4-3-11-31(20(14)13-28-25-30-19-12-18(27)9-10-21(19)33-25)24(32)22-23(34-15(2)29-22)16-5-7-17(26)8-6-16/h5-10,12,14,20H,3-4,11,13H2,1-2H3,(H,28,30). The number of nitrogens with one attached hydrogen (secondary N) is 1. The number of halogens is 2. The number of thiazole rings is 1. The normalized spacial score (nSPS) is 18.4. The molecule has 9 heteroatoms. The summed E-state index contributed by atoms with van der Waals surface area (Å²) in [7, 11) is 0. The fourth-order valence-corrected chi connectivity index (χ4v) is 5.40. The predicted molar refractivity (Wildman–Crippen MR) is 128 cm³/mol. The Labute approximate surface area is 199 Å². The highest BCUT2D eigenvalue weighted by molar-refractivity contribution is 7.15. The van der Waals surface area contributed by atoms with E-state index in [1.165, 1.54) is 35.6 Å². The van der Waals surface area contributed by atoms with Crippen LogP contribution in [0.1, 0.15) is 35.3 Å². The summed E-state index contributed by atoms with van der Waals surface area (Å²) < 4.78 is 32.6. The summed E-state index contributed by atoms with van der Waals surface area (Å²) in [5.74, 6) is -0.584. The number of carbonyl (C=O) groups excluding carboxylic acids is 1. The van der Waals surface area contributed by atoms with Crippen molar-refractivity contribution in [2.24, 2.45) is 5.92 Å². The number of aromatic nitrogens is 2. The third-order valence-corrected chi connectivity index (χ3v) is 7.25. The lowest BCUT2D eigenvalue weighted by Crippen LogP contribution is -2.51. The Morgan fingerprint density at radius 2 is 1.94 bits per heavy atom. The largest absolute Gasteiger partial charge is 0.424 e. The van der Waals surface area contributed by atoms with Gasteiger partial charge in [0.2, 0.25) is 0 Å². The maximum atomic E-state index is 13.7. The van der Waals surface area contributed by atoms with Crippen LogP contribution in [0.3, 0.4) is 0 Å². The number of benzene rings is 2. The lowest BCUT2D eigenvalue weighted by molar-refractivity contribution is 0.0534. The molecule has 1 saturated heterocycles. The molecule has 1 aliphatic rings. The molecule has 3 heterocycles. The van der Waals surface area contributed by atoms with Gasteiger partial charge in [0.15, 0.2) is 5.58 Å². The van der Waals surface area contributed by atoms with Crippen LogP contribution in [0.4, 0.5) is 14.8 Å². The Hall–Kier alpha value is -3.33. The molecule has 6 nitrogen and oxygen atoms in total. The number of carbonyl (C=O) groups is 1. The number of amides is 1. The number of fused-ring (bicyclic) bond motifs is 1. The van der Waals surface area contributed by atoms with Crippen LogP contribution in [0.2, 0.25) is 0 Å². The summed E-state index contributed by atoms with van der Waals surface area (Å²) >= 11 is 1.43. The molecule has 0 bridgehead atoms. The van der Waals surface area contributed by atoms with E-state index in [0.29, 0.717) is 35.9 Å². The monoisotopic (exact) mass is 482 g/mol. The van der Waals surface area contributed by atoms with Crippen molar-refractivity contribution in [2.45, 2.75) is 32.7 Å². The Morgan fingerprint density at radius 1 is 1.18 bits per heavy atom. The summed E-state index contributed by atoms with van der Waals surface area (Å²) in [4.78, 5) is 25.2. The summed E-state index contributed by atoms with van der Waals surface area (Å²) in [6, 6.07) is 10.5. The average molecular weight is 483 g/mol. The molecule has 176 valence electrons. The lowest BCUT2D eigenvalue weighted by atomic mass is 9.90.